The van der Waals surface area contributed by atoms with Gasteiger partial charge in [-0.3, -0.25) is 0 Å². The van der Waals surface area contributed by atoms with Gasteiger partial charge in [-0.05, 0) is 33.4 Å². The van der Waals surface area contributed by atoms with Crippen molar-refractivity contribution in [3.05, 3.63) is 36.1 Å². The first-order valence-electron chi connectivity index (χ1n) is 4.33. The highest BCUT2D eigenvalue weighted by atomic mass is 79.9. The summed E-state index contributed by atoms with van der Waals surface area (Å²) in [5.41, 5.74) is 0. The van der Waals surface area contributed by atoms with Crippen molar-refractivity contribution in [2.75, 3.05) is 7.11 Å². The van der Waals surface area contributed by atoms with Crippen LogP contribution in [0, 0.1) is 0 Å². The van der Waals surface area contributed by atoms with E-state index in [9.17, 15) is 0 Å². The highest BCUT2D eigenvalue weighted by Crippen LogP contribution is 2.44. The molecule has 0 spiro atoms. The molecule has 1 atom stereocenters. The van der Waals surface area contributed by atoms with Gasteiger partial charge in [0.15, 0.2) is 0 Å². The molecule has 0 aliphatic rings. The maximum Gasteiger partial charge on any atom is 0.134 e. The van der Waals surface area contributed by atoms with Crippen LogP contribution in [0.4, 0.5) is 0 Å². The molecule has 2 rings (SSSR count). The van der Waals surface area contributed by atoms with Crippen LogP contribution in [-0.4, -0.2) is 7.11 Å². The highest BCUT2D eigenvalue weighted by Gasteiger charge is 2.20. The third kappa shape index (κ3) is 2.41. The van der Waals surface area contributed by atoms with Crippen LogP contribution < -0.4 is 4.74 Å². The van der Waals surface area contributed by atoms with E-state index in [1.165, 1.54) is 0 Å². The lowest BCUT2D eigenvalue weighted by atomic mass is 10.3. The zero-order valence-electron chi connectivity index (χ0n) is 8.17. The van der Waals surface area contributed by atoms with Gasteiger partial charge >= 0.3 is 0 Å². The van der Waals surface area contributed by atoms with E-state index in [0.29, 0.717) is 5.02 Å². The van der Waals surface area contributed by atoms with Gasteiger partial charge in [-0.15, -0.1) is 34.3 Å². The summed E-state index contributed by atoms with van der Waals surface area (Å²) >= 11 is 18.9. The van der Waals surface area contributed by atoms with Crippen LogP contribution >= 0.6 is 61.8 Å². The molecule has 2 heterocycles. The number of halogens is 3. The van der Waals surface area contributed by atoms with Crippen molar-refractivity contribution in [2.45, 2.75) is 5.38 Å². The van der Waals surface area contributed by atoms with E-state index in [4.69, 9.17) is 27.9 Å². The Bertz CT molecular complexity index is 475. The Morgan fingerprint density at radius 2 is 2.25 bits per heavy atom. The van der Waals surface area contributed by atoms with Crippen LogP contribution in [-0.2, 0) is 0 Å². The molecule has 0 aliphatic heterocycles. The smallest absolute Gasteiger partial charge is 0.134 e. The zero-order valence-corrected chi connectivity index (χ0v) is 12.9. The summed E-state index contributed by atoms with van der Waals surface area (Å²) in [4.78, 5) is 2.02. The maximum absolute atomic E-state index is 6.40. The largest absolute Gasteiger partial charge is 0.496 e. The van der Waals surface area contributed by atoms with E-state index in [-0.39, 0.29) is 5.38 Å². The molecule has 0 amide bonds. The van der Waals surface area contributed by atoms with E-state index in [0.717, 1.165) is 19.3 Å². The van der Waals surface area contributed by atoms with Crippen molar-refractivity contribution < 1.29 is 4.74 Å². The number of hydrogen-bond acceptors (Lipinski definition) is 3. The number of hydrogen-bond donors (Lipinski definition) is 0. The minimum absolute atomic E-state index is 0.205. The Kier molecular flexibility index (Phi) is 4.19. The molecule has 0 bridgehead atoms. The molecular formula is C10H7BrCl2OS2. The van der Waals surface area contributed by atoms with Crippen LogP contribution in [0.5, 0.6) is 5.75 Å². The third-order valence-corrected chi connectivity index (χ3v) is 6.24. The monoisotopic (exact) mass is 356 g/mol. The molecule has 0 N–H and O–H groups in total. The van der Waals surface area contributed by atoms with Gasteiger partial charge in [0.1, 0.15) is 11.1 Å². The minimum Gasteiger partial charge on any atom is -0.496 e. The Morgan fingerprint density at radius 3 is 2.81 bits per heavy atom. The van der Waals surface area contributed by atoms with Crippen LogP contribution in [0.15, 0.2) is 21.3 Å². The molecule has 2 aromatic rings. The second-order valence-corrected chi connectivity index (χ2v) is 7.18. The summed E-state index contributed by atoms with van der Waals surface area (Å²) < 4.78 is 6.16. The first-order chi connectivity index (χ1) is 7.63. The van der Waals surface area contributed by atoms with Crippen LogP contribution in [0.3, 0.4) is 0 Å². The molecule has 16 heavy (non-hydrogen) atoms. The van der Waals surface area contributed by atoms with E-state index in [1.54, 1.807) is 29.8 Å². The summed E-state index contributed by atoms with van der Waals surface area (Å²) in [5.74, 6) is 0.825. The molecule has 1 unspecified atom stereocenters. The molecular weight excluding hydrogens is 351 g/mol. The second kappa shape index (κ2) is 5.27. The molecule has 0 aliphatic carbocycles. The highest BCUT2D eigenvalue weighted by molar-refractivity contribution is 9.11. The van der Waals surface area contributed by atoms with Gasteiger partial charge in [-0.25, -0.2) is 0 Å². The molecule has 0 fully saturated rings. The second-order valence-electron chi connectivity index (χ2n) is 2.99. The normalized spacial score (nSPS) is 12.8. The lowest BCUT2D eigenvalue weighted by Crippen LogP contribution is -1.90. The number of ether oxygens (including phenoxy) is 1. The first kappa shape index (κ1) is 12.7. The predicted molar refractivity (Wildman–Crippen MR) is 75.6 cm³/mol. The average molecular weight is 358 g/mol. The fourth-order valence-electron chi connectivity index (χ4n) is 1.28. The number of thiophene rings is 2. The van der Waals surface area contributed by atoms with Gasteiger partial charge in [0.05, 0.1) is 20.8 Å². The quantitative estimate of drug-likeness (QED) is 0.653. The average Bonchev–Trinajstić information content (AvgIpc) is 2.85. The van der Waals surface area contributed by atoms with Crippen molar-refractivity contribution in [3.63, 3.8) is 0 Å². The Morgan fingerprint density at radius 1 is 1.50 bits per heavy atom. The van der Waals surface area contributed by atoms with E-state index in [2.05, 4.69) is 15.9 Å². The molecule has 0 saturated carbocycles. The Labute approximate surface area is 120 Å². The standard InChI is InChI=1S/C10H7BrCl2OS2/c1-14-6-2-3-15-9(6)8(13)7-4-5(12)10(11)16-7/h2-4,8H,1H3. The predicted octanol–water partition coefficient (Wildman–Crippen LogP) is 5.56. The molecule has 1 nitrogen and oxygen atoms in total. The summed E-state index contributed by atoms with van der Waals surface area (Å²) in [5, 5.41) is 2.46. The fourth-order valence-corrected chi connectivity index (χ4v) is 4.40. The minimum atomic E-state index is -0.205. The van der Waals surface area contributed by atoms with Crippen molar-refractivity contribution >= 4 is 61.8 Å². The summed E-state index contributed by atoms with van der Waals surface area (Å²) in [7, 11) is 1.65. The molecule has 2 aromatic heterocycles. The topological polar surface area (TPSA) is 9.23 Å². The van der Waals surface area contributed by atoms with Crippen molar-refractivity contribution in [1.82, 2.24) is 0 Å². The third-order valence-electron chi connectivity index (χ3n) is 2.02. The Balaban J connectivity index is 2.35. The van der Waals surface area contributed by atoms with E-state index in [1.807, 2.05) is 17.5 Å². The lowest BCUT2D eigenvalue weighted by molar-refractivity contribution is 0.413. The maximum atomic E-state index is 6.40. The van der Waals surface area contributed by atoms with Gasteiger partial charge in [0, 0.05) is 4.88 Å². The van der Waals surface area contributed by atoms with Gasteiger partial charge in [0.2, 0.25) is 0 Å². The summed E-state index contributed by atoms with van der Waals surface area (Å²) in [6.45, 7) is 0. The number of methoxy groups -OCH3 is 1. The molecule has 0 aromatic carbocycles. The van der Waals surface area contributed by atoms with E-state index >= 15 is 0 Å². The van der Waals surface area contributed by atoms with E-state index < -0.39 is 0 Å². The molecule has 0 radical (unpaired) electrons. The van der Waals surface area contributed by atoms with Crippen LogP contribution in [0.25, 0.3) is 0 Å². The van der Waals surface area contributed by atoms with Gasteiger partial charge in [-0.1, -0.05) is 11.6 Å². The number of alkyl halides is 1. The van der Waals surface area contributed by atoms with Gasteiger partial charge in [0.25, 0.3) is 0 Å². The first-order valence-corrected chi connectivity index (χ1v) is 7.64. The van der Waals surface area contributed by atoms with Crippen molar-refractivity contribution in [3.8, 4) is 5.75 Å². The molecule has 86 valence electrons. The summed E-state index contributed by atoms with van der Waals surface area (Å²) in [6.07, 6.45) is 0. The zero-order chi connectivity index (χ0) is 11.7. The van der Waals surface area contributed by atoms with Crippen LogP contribution in [0.2, 0.25) is 5.02 Å². The fraction of sp³-hybridized carbons (Fsp3) is 0.200. The van der Waals surface area contributed by atoms with Gasteiger partial charge < -0.3 is 4.74 Å². The lowest BCUT2D eigenvalue weighted by Gasteiger charge is -2.07. The van der Waals surface area contributed by atoms with Gasteiger partial charge in [-0.2, -0.15) is 0 Å². The van der Waals surface area contributed by atoms with Crippen molar-refractivity contribution in [2.24, 2.45) is 0 Å². The van der Waals surface area contributed by atoms with Crippen LogP contribution in [0.1, 0.15) is 15.1 Å². The SMILES string of the molecule is COc1ccsc1C(Cl)c1cc(Cl)c(Br)s1. The summed E-state index contributed by atoms with van der Waals surface area (Å²) in [6, 6.07) is 3.80. The molecule has 6 heteroatoms. The number of rotatable bonds is 3. The Hall–Kier alpha value is 0.260. The molecule has 0 saturated heterocycles. The van der Waals surface area contributed by atoms with Crippen molar-refractivity contribution in [1.29, 1.82) is 0 Å².